The molecule has 0 bridgehead atoms. The Hall–Kier alpha value is -3.08. The predicted octanol–water partition coefficient (Wildman–Crippen LogP) is 1.53. The van der Waals surface area contributed by atoms with Crippen LogP contribution in [-0.2, 0) is 26.2 Å². The van der Waals surface area contributed by atoms with Crippen molar-refractivity contribution in [3.63, 3.8) is 0 Å². The van der Waals surface area contributed by atoms with Crippen LogP contribution in [0, 0.1) is 5.92 Å². The highest BCUT2D eigenvalue weighted by atomic mass is 32.2. The number of carbonyl (C=O) groups is 3. The summed E-state index contributed by atoms with van der Waals surface area (Å²) in [6.45, 7) is 4.15. The zero-order chi connectivity index (χ0) is 26.0. The van der Waals surface area contributed by atoms with Gasteiger partial charge in [-0.2, -0.15) is 4.31 Å². The van der Waals surface area contributed by atoms with Gasteiger partial charge in [0.25, 0.3) is 5.91 Å². The second-order valence-corrected chi connectivity index (χ2v) is 11.6. The van der Waals surface area contributed by atoms with Crippen molar-refractivity contribution in [2.24, 2.45) is 11.7 Å². The second-order valence-electron chi connectivity index (χ2n) is 9.72. The molecule has 2 amide bonds. The molecule has 3 atom stereocenters. The average Bonchev–Trinajstić information content (AvgIpc) is 3.45. The van der Waals surface area contributed by atoms with Gasteiger partial charge in [0.05, 0.1) is 17.5 Å². The molecule has 36 heavy (non-hydrogen) atoms. The fraction of sp³-hybridized carbons (Fsp3) is 0.423. The monoisotopic (exact) mass is 512 g/mol. The first-order valence-corrected chi connectivity index (χ1v) is 13.6. The molecular formula is C26H32N4O5S. The molecule has 0 radical (unpaired) electrons. The van der Waals surface area contributed by atoms with E-state index >= 15 is 0 Å². The molecule has 3 N–H and O–H groups in total. The summed E-state index contributed by atoms with van der Waals surface area (Å²) in [4.78, 5) is 41.2. The van der Waals surface area contributed by atoms with Crippen molar-refractivity contribution in [1.29, 1.82) is 0 Å². The van der Waals surface area contributed by atoms with Crippen molar-refractivity contribution in [2.75, 3.05) is 13.1 Å². The summed E-state index contributed by atoms with van der Waals surface area (Å²) in [5.41, 5.74) is 6.89. The third-order valence-electron chi connectivity index (χ3n) is 6.75. The standard InChI is InChI=1S/C26H32N4O5S/c1-17(2)13-21(28-25(32)19-8-6-7-18(14-19)15-27)26(33)29-12-11-22-24(29)23(31)16-30(22)36(34,35)20-9-4-3-5-10-20/h3-10,14,17,21-22,24H,11-13,15-16,27H2,1-2H3,(H,28,32)/t21-,22?,24?/m0/s1. The summed E-state index contributed by atoms with van der Waals surface area (Å²) in [5, 5.41) is 2.84. The lowest BCUT2D eigenvalue weighted by atomic mass is 10.0. The smallest absolute Gasteiger partial charge is 0.251 e. The molecule has 4 rings (SSSR count). The summed E-state index contributed by atoms with van der Waals surface area (Å²) >= 11 is 0. The Balaban J connectivity index is 1.55. The van der Waals surface area contributed by atoms with Gasteiger partial charge in [0.15, 0.2) is 5.78 Å². The number of sulfonamides is 1. The van der Waals surface area contributed by atoms with Crippen molar-refractivity contribution in [1.82, 2.24) is 14.5 Å². The Bertz CT molecular complexity index is 1250. The number of Topliss-reactive ketones (excluding diaryl/α,β-unsaturated/α-hetero) is 1. The number of rotatable bonds is 8. The van der Waals surface area contributed by atoms with Gasteiger partial charge >= 0.3 is 0 Å². The van der Waals surface area contributed by atoms with Crippen LogP contribution in [-0.4, -0.2) is 66.4 Å². The summed E-state index contributed by atoms with van der Waals surface area (Å²) in [5.74, 6) is -0.976. The van der Waals surface area contributed by atoms with Crippen LogP contribution < -0.4 is 11.1 Å². The van der Waals surface area contributed by atoms with E-state index < -0.39 is 34.1 Å². The lowest BCUT2D eigenvalue weighted by molar-refractivity contribution is -0.138. The lowest BCUT2D eigenvalue weighted by Gasteiger charge is -2.29. The predicted molar refractivity (Wildman–Crippen MR) is 134 cm³/mol. The van der Waals surface area contributed by atoms with E-state index in [1.807, 2.05) is 19.9 Å². The van der Waals surface area contributed by atoms with Gasteiger partial charge in [-0.3, -0.25) is 14.4 Å². The Kier molecular flexibility index (Phi) is 7.58. The van der Waals surface area contributed by atoms with Crippen molar-refractivity contribution in [2.45, 2.75) is 56.3 Å². The highest BCUT2D eigenvalue weighted by Crippen LogP contribution is 2.34. The van der Waals surface area contributed by atoms with E-state index in [1.54, 1.807) is 36.4 Å². The van der Waals surface area contributed by atoms with Gasteiger partial charge in [0.2, 0.25) is 15.9 Å². The van der Waals surface area contributed by atoms with Gasteiger partial charge in [0, 0.05) is 18.7 Å². The van der Waals surface area contributed by atoms with Gasteiger partial charge in [-0.1, -0.05) is 44.2 Å². The molecule has 0 aliphatic carbocycles. The number of hydrogen-bond donors (Lipinski definition) is 2. The number of fused-ring (bicyclic) bond motifs is 1. The minimum absolute atomic E-state index is 0.0993. The summed E-state index contributed by atoms with van der Waals surface area (Å²) < 4.78 is 27.7. The molecular weight excluding hydrogens is 480 g/mol. The van der Waals surface area contributed by atoms with E-state index in [0.717, 1.165) is 5.56 Å². The van der Waals surface area contributed by atoms with Gasteiger partial charge in [-0.05, 0) is 48.6 Å². The molecule has 192 valence electrons. The Morgan fingerprint density at radius 3 is 2.50 bits per heavy atom. The summed E-state index contributed by atoms with van der Waals surface area (Å²) in [7, 11) is -3.88. The molecule has 2 aromatic carbocycles. The molecule has 0 aromatic heterocycles. The van der Waals surface area contributed by atoms with Gasteiger partial charge in [0.1, 0.15) is 12.1 Å². The van der Waals surface area contributed by atoms with Crippen LogP contribution in [0.3, 0.4) is 0 Å². The fourth-order valence-corrected chi connectivity index (χ4v) is 6.69. The van der Waals surface area contributed by atoms with Gasteiger partial charge in [-0.15, -0.1) is 0 Å². The van der Waals surface area contributed by atoms with Crippen LogP contribution in [0.4, 0.5) is 0 Å². The number of hydrogen-bond acceptors (Lipinski definition) is 6. The SMILES string of the molecule is CC(C)C[C@H](NC(=O)c1cccc(CN)c1)C(=O)N1CCC2C1C(=O)CN2S(=O)(=O)c1ccccc1. The van der Waals surface area contributed by atoms with Crippen LogP contribution >= 0.6 is 0 Å². The van der Waals surface area contributed by atoms with E-state index in [-0.39, 0.29) is 42.1 Å². The van der Waals surface area contributed by atoms with Crippen LogP contribution in [0.1, 0.15) is 42.6 Å². The van der Waals surface area contributed by atoms with E-state index in [2.05, 4.69) is 5.32 Å². The molecule has 2 unspecified atom stereocenters. The van der Waals surface area contributed by atoms with E-state index in [1.165, 1.54) is 21.3 Å². The first-order chi connectivity index (χ1) is 17.1. The maximum absolute atomic E-state index is 13.7. The van der Waals surface area contributed by atoms with Crippen LogP contribution in [0.15, 0.2) is 59.5 Å². The number of nitrogens with one attached hydrogen (secondary N) is 1. The molecule has 2 aliphatic rings. The van der Waals surface area contributed by atoms with E-state index in [9.17, 15) is 22.8 Å². The maximum Gasteiger partial charge on any atom is 0.251 e. The summed E-state index contributed by atoms with van der Waals surface area (Å²) in [6.07, 6.45) is 0.740. The highest BCUT2D eigenvalue weighted by molar-refractivity contribution is 7.89. The topological polar surface area (TPSA) is 130 Å². The molecule has 0 saturated carbocycles. The Labute approximate surface area is 211 Å². The van der Waals surface area contributed by atoms with Crippen molar-refractivity contribution in [3.8, 4) is 0 Å². The van der Waals surface area contributed by atoms with Gasteiger partial charge < -0.3 is 16.0 Å². The number of nitrogens with two attached hydrogens (primary N) is 1. The highest BCUT2D eigenvalue weighted by Gasteiger charge is 2.54. The fourth-order valence-electron chi connectivity index (χ4n) is 5.04. The molecule has 2 fully saturated rings. The molecule has 2 saturated heterocycles. The third-order valence-corrected chi connectivity index (χ3v) is 8.63. The molecule has 10 heteroatoms. The number of nitrogens with zero attached hydrogens (tertiary/aromatic N) is 2. The van der Waals surface area contributed by atoms with Crippen LogP contribution in [0.25, 0.3) is 0 Å². The van der Waals surface area contributed by atoms with Crippen LogP contribution in [0.5, 0.6) is 0 Å². The Morgan fingerprint density at radius 2 is 1.83 bits per heavy atom. The van der Waals surface area contributed by atoms with E-state index in [0.29, 0.717) is 18.4 Å². The first-order valence-electron chi connectivity index (χ1n) is 12.1. The molecule has 0 spiro atoms. The maximum atomic E-state index is 13.7. The number of benzene rings is 2. The van der Waals surface area contributed by atoms with E-state index in [4.69, 9.17) is 5.73 Å². The number of ketones is 1. The largest absolute Gasteiger partial charge is 0.340 e. The third kappa shape index (κ3) is 5.07. The van der Waals surface area contributed by atoms with Gasteiger partial charge in [-0.25, -0.2) is 8.42 Å². The number of likely N-dealkylation sites (tertiary alicyclic amines) is 1. The van der Waals surface area contributed by atoms with Crippen molar-refractivity contribution in [3.05, 3.63) is 65.7 Å². The van der Waals surface area contributed by atoms with Crippen molar-refractivity contribution >= 4 is 27.6 Å². The second kappa shape index (κ2) is 10.5. The average molecular weight is 513 g/mol. The first kappa shape index (κ1) is 26.0. The molecule has 2 aromatic rings. The lowest BCUT2D eigenvalue weighted by Crippen LogP contribution is -2.53. The molecule has 2 aliphatic heterocycles. The normalized spacial score (nSPS) is 21.0. The van der Waals surface area contributed by atoms with Crippen molar-refractivity contribution < 1.29 is 22.8 Å². The number of carbonyl (C=O) groups excluding carboxylic acids is 3. The molecule has 2 heterocycles. The molecule has 9 nitrogen and oxygen atoms in total. The zero-order valence-electron chi connectivity index (χ0n) is 20.5. The summed E-state index contributed by atoms with van der Waals surface area (Å²) in [6, 6.07) is 12.6. The Morgan fingerprint density at radius 1 is 1.11 bits per heavy atom. The quantitative estimate of drug-likeness (QED) is 0.552. The minimum Gasteiger partial charge on any atom is -0.340 e. The zero-order valence-corrected chi connectivity index (χ0v) is 21.3. The minimum atomic E-state index is -3.88. The number of amides is 2. The van der Waals surface area contributed by atoms with Crippen LogP contribution in [0.2, 0.25) is 0 Å².